The average molecular weight is 385 g/mol. The van der Waals surface area contributed by atoms with Crippen LogP contribution in [0.3, 0.4) is 0 Å². The number of nitrogens with one attached hydrogen (secondary N) is 1. The van der Waals surface area contributed by atoms with E-state index in [2.05, 4.69) is 4.72 Å². The van der Waals surface area contributed by atoms with Crippen LogP contribution in [0, 0.1) is 0 Å². The molecular formula is C20H19NO5S. The molecule has 1 heterocycles. The topological polar surface area (TPSA) is 89.5 Å². The highest BCUT2D eigenvalue weighted by Gasteiger charge is 2.50. The summed E-state index contributed by atoms with van der Waals surface area (Å²) in [5.74, 6) is -0.150. The van der Waals surface area contributed by atoms with Gasteiger partial charge in [-0.3, -0.25) is 9.59 Å². The summed E-state index contributed by atoms with van der Waals surface area (Å²) < 4.78 is 31.7. The molecule has 0 saturated heterocycles. The number of ketones is 1. The second-order valence-electron chi connectivity index (χ2n) is 7.16. The molecule has 6 nitrogen and oxygen atoms in total. The summed E-state index contributed by atoms with van der Waals surface area (Å²) in [6.07, 6.45) is 1.45. The number of sulfonamides is 1. The zero-order valence-corrected chi connectivity index (χ0v) is 15.6. The maximum Gasteiger partial charge on any atom is 0.265 e. The van der Waals surface area contributed by atoms with Gasteiger partial charge in [-0.05, 0) is 49.1 Å². The Morgan fingerprint density at radius 1 is 1.11 bits per heavy atom. The Kier molecular flexibility index (Phi) is 4.07. The average Bonchev–Trinajstić information content (AvgIpc) is 3.41. The zero-order chi connectivity index (χ0) is 19.2. The van der Waals surface area contributed by atoms with E-state index >= 15 is 0 Å². The van der Waals surface area contributed by atoms with E-state index in [1.165, 1.54) is 0 Å². The number of ether oxygens (including phenoxy) is 1. The van der Waals surface area contributed by atoms with Crippen molar-refractivity contribution in [2.24, 2.45) is 0 Å². The first kappa shape index (κ1) is 17.7. The summed E-state index contributed by atoms with van der Waals surface area (Å²) in [5.41, 5.74) is 2.04. The predicted octanol–water partition coefficient (Wildman–Crippen LogP) is 2.93. The van der Waals surface area contributed by atoms with E-state index in [0.29, 0.717) is 48.3 Å². The number of amides is 1. The minimum atomic E-state index is -3.72. The van der Waals surface area contributed by atoms with Crippen LogP contribution in [0.15, 0.2) is 42.5 Å². The Balaban J connectivity index is 1.70. The number of rotatable bonds is 4. The molecule has 0 unspecified atom stereocenters. The van der Waals surface area contributed by atoms with Crippen LogP contribution in [-0.4, -0.2) is 31.5 Å². The van der Waals surface area contributed by atoms with Gasteiger partial charge in [0.1, 0.15) is 5.75 Å². The van der Waals surface area contributed by atoms with Gasteiger partial charge in [-0.15, -0.1) is 0 Å². The molecule has 1 saturated carbocycles. The molecule has 0 spiro atoms. The monoisotopic (exact) mass is 385 g/mol. The lowest BCUT2D eigenvalue weighted by molar-refractivity contribution is 0.0932. The van der Waals surface area contributed by atoms with Crippen LogP contribution in [-0.2, 0) is 10.0 Å². The summed E-state index contributed by atoms with van der Waals surface area (Å²) in [4.78, 5) is 24.6. The van der Waals surface area contributed by atoms with Crippen LogP contribution in [0.5, 0.6) is 5.75 Å². The molecule has 4 rings (SSSR count). The van der Waals surface area contributed by atoms with Crippen molar-refractivity contribution in [3.8, 4) is 16.9 Å². The first-order chi connectivity index (χ1) is 12.8. The molecule has 140 valence electrons. The molecule has 1 amide bonds. The number of carbonyl (C=O) groups excluding carboxylic acids is 2. The van der Waals surface area contributed by atoms with Gasteiger partial charge >= 0.3 is 0 Å². The van der Waals surface area contributed by atoms with E-state index in [1.807, 2.05) is 0 Å². The summed E-state index contributed by atoms with van der Waals surface area (Å²) in [6, 6.07) is 11.9. The number of benzene rings is 2. The van der Waals surface area contributed by atoms with Crippen LogP contribution in [0.1, 0.15) is 46.9 Å². The fourth-order valence-corrected chi connectivity index (χ4v) is 4.35. The van der Waals surface area contributed by atoms with Gasteiger partial charge in [-0.25, -0.2) is 13.1 Å². The molecule has 2 aromatic rings. The normalized spacial score (nSPS) is 17.6. The maximum atomic E-state index is 12.7. The van der Waals surface area contributed by atoms with Gasteiger partial charge in [-0.1, -0.05) is 24.3 Å². The van der Waals surface area contributed by atoms with Crippen LogP contribution in [0.4, 0.5) is 0 Å². The minimum absolute atomic E-state index is 0.0256. The van der Waals surface area contributed by atoms with Crippen molar-refractivity contribution in [3.63, 3.8) is 0 Å². The van der Waals surface area contributed by atoms with Crippen molar-refractivity contribution < 1.29 is 22.7 Å². The zero-order valence-electron chi connectivity index (χ0n) is 14.8. The van der Waals surface area contributed by atoms with E-state index in [-0.39, 0.29) is 11.3 Å². The largest absolute Gasteiger partial charge is 0.492 e. The van der Waals surface area contributed by atoms with Crippen molar-refractivity contribution in [1.82, 2.24) is 4.72 Å². The van der Waals surface area contributed by atoms with Crippen molar-refractivity contribution in [1.29, 1.82) is 0 Å². The number of Topliss-reactive ketones (excluding diaryl/α,β-unsaturated/α-hetero) is 1. The number of hydrogen-bond donors (Lipinski definition) is 1. The molecular weight excluding hydrogens is 366 g/mol. The van der Waals surface area contributed by atoms with Gasteiger partial charge in [-0.2, -0.15) is 0 Å². The van der Waals surface area contributed by atoms with Crippen molar-refractivity contribution in [2.45, 2.75) is 30.9 Å². The standard InChI is InChI=1S/C20H19NO5S/c1-20(9-10-20)27(24,25)21-19(23)15-5-3-2-4-14(15)13-6-7-16-17(22)8-11-26-18(16)12-13/h2-7,12H,8-11H2,1H3,(H,21,23). The van der Waals surface area contributed by atoms with Crippen molar-refractivity contribution >= 4 is 21.7 Å². The van der Waals surface area contributed by atoms with Gasteiger partial charge in [0.15, 0.2) is 5.78 Å². The minimum Gasteiger partial charge on any atom is -0.492 e. The first-order valence-corrected chi connectivity index (χ1v) is 10.3. The lowest BCUT2D eigenvalue weighted by atomic mass is 9.96. The van der Waals surface area contributed by atoms with Gasteiger partial charge in [0.05, 0.1) is 16.9 Å². The summed E-state index contributed by atoms with van der Waals surface area (Å²) in [5, 5.41) is 0. The van der Waals surface area contributed by atoms with E-state index in [4.69, 9.17) is 4.74 Å². The molecule has 2 aromatic carbocycles. The third kappa shape index (κ3) is 3.12. The van der Waals surface area contributed by atoms with E-state index in [0.717, 1.165) is 0 Å². The Hall–Kier alpha value is -2.67. The highest BCUT2D eigenvalue weighted by Crippen LogP contribution is 2.42. The number of carbonyl (C=O) groups is 2. The predicted molar refractivity (Wildman–Crippen MR) is 100 cm³/mol. The fraction of sp³-hybridized carbons (Fsp3) is 0.300. The summed E-state index contributed by atoms with van der Waals surface area (Å²) >= 11 is 0. The smallest absolute Gasteiger partial charge is 0.265 e. The SMILES string of the molecule is CC1(S(=O)(=O)NC(=O)c2ccccc2-c2ccc3c(c2)OCCC3=O)CC1. The molecule has 0 bridgehead atoms. The van der Waals surface area contributed by atoms with E-state index in [9.17, 15) is 18.0 Å². The van der Waals surface area contributed by atoms with Crippen molar-refractivity contribution in [2.75, 3.05) is 6.61 Å². The second kappa shape index (κ2) is 6.20. The number of fused-ring (bicyclic) bond motifs is 1. The molecule has 1 aliphatic carbocycles. The maximum absolute atomic E-state index is 12.7. The molecule has 1 N–H and O–H groups in total. The third-order valence-electron chi connectivity index (χ3n) is 5.18. The number of hydrogen-bond acceptors (Lipinski definition) is 5. The lowest BCUT2D eigenvalue weighted by Gasteiger charge is -2.18. The Morgan fingerprint density at radius 3 is 2.59 bits per heavy atom. The van der Waals surface area contributed by atoms with Gasteiger partial charge in [0, 0.05) is 12.0 Å². The fourth-order valence-electron chi connectivity index (χ4n) is 3.11. The first-order valence-electron chi connectivity index (χ1n) is 8.77. The van der Waals surface area contributed by atoms with Crippen LogP contribution in [0.2, 0.25) is 0 Å². The van der Waals surface area contributed by atoms with E-state index in [1.54, 1.807) is 49.4 Å². The summed E-state index contributed by atoms with van der Waals surface area (Å²) in [6.45, 7) is 1.96. The molecule has 7 heteroatoms. The second-order valence-corrected chi connectivity index (χ2v) is 9.36. The van der Waals surface area contributed by atoms with Crippen molar-refractivity contribution in [3.05, 3.63) is 53.6 Å². The van der Waals surface area contributed by atoms with Gasteiger partial charge < -0.3 is 4.74 Å². The van der Waals surface area contributed by atoms with E-state index < -0.39 is 20.7 Å². The molecule has 1 aliphatic heterocycles. The molecule has 1 fully saturated rings. The third-order valence-corrected chi connectivity index (χ3v) is 7.34. The lowest BCUT2D eigenvalue weighted by Crippen LogP contribution is -2.38. The molecule has 0 atom stereocenters. The van der Waals surface area contributed by atoms with Gasteiger partial charge in [0.2, 0.25) is 10.0 Å². The highest BCUT2D eigenvalue weighted by atomic mass is 32.2. The van der Waals surface area contributed by atoms with Crippen LogP contribution < -0.4 is 9.46 Å². The quantitative estimate of drug-likeness (QED) is 0.874. The summed E-state index contributed by atoms with van der Waals surface area (Å²) in [7, 11) is -3.72. The van der Waals surface area contributed by atoms with Crippen LogP contribution in [0.25, 0.3) is 11.1 Å². The molecule has 0 radical (unpaired) electrons. The molecule has 27 heavy (non-hydrogen) atoms. The Bertz CT molecular complexity index is 1050. The highest BCUT2D eigenvalue weighted by molar-refractivity contribution is 7.91. The molecule has 2 aliphatic rings. The van der Waals surface area contributed by atoms with Gasteiger partial charge in [0.25, 0.3) is 5.91 Å². The van der Waals surface area contributed by atoms with Crippen LogP contribution >= 0.6 is 0 Å². The Labute approximate surface area is 157 Å². The molecule has 0 aromatic heterocycles. The Morgan fingerprint density at radius 2 is 1.85 bits per heavy atom.